The lowest BCUT2D eigenvalue weighted by Crippen LogP contribution is -2.23. The zero-order valence-electron chi connectivity index (χ0n) is 16.3. The lowest BCUT2D eigenvalue weighted by molar-refractivity contribution is 0.302. The summed E-state index contributed by atoms with van der Waals surface area (Å²) in [4.78, 5) is 0.204. The van der Waals surface area contributed by atoms with E-state index in [4.69, 9.17) is 10.5 Å². The van der Waals surface area contributed by atoms with Crippen LogP contribution in [0.25, 0.3) is 10.8 Å². The van der Waals surface area contributed by atoms with Gasteiger partial charge in [0.25, 0.3) is 0 Å². The predicted octanol–water partition coefficient (Wildman–Crippen LogP) is 4.48. The van der Waals surface area contributed by atoms with E-state index in [0.717, 1.165) is 11.1 Å². The maximum atomic E-state index is 13.0. The van der Waals surface area contributed by atoms with Crippen LogP contribution in [0.4, 0.5) is 5.69 Å². The normalized spacial score (nSPS) is 11.5. The summed E-state index contributed by atoms with van der Waals surface area (Å²) in [6.45, 7) is 0.527. The van der Waals surface area contributed by atoms with Crippen LogP contribution in [0.5, 0.6) is 5.75 Å². The molecule has 0 aliphatic heterocycles. The van der Waals surface area contributed by atoms with E-state index in [1.807, 2.05) is 60.7 Å². The van der Waals surface area contributed by atoms with Crippen molar-refractivity contribution in [1.82, 2.24) is 4.72 Å². The SMILES string of the molecule is Nc1cccc2c(S(=O)(=O)NCc3ccccc3OCc3ccccc3)cccc12. The van der Waals surface area contributed by atoms with Gasteiger partial charge < -0.3 is 10.5 Å². The molecule has 3 N–H and O–H groups in total. The Morgan fingerprint density at radius 2 is 1.47 bits per heavy atom. The minimum atomic E-state index is -3.75. The summed E-state index contributed by atoms with van der Waals surface area (Å²) in [5.74, 6) is 0.645. The van der Waals surface area contributed by atoms with Crippen LogP contribution in [0.3, 0.4) is 0 Å². The molecular weight excluding hydrogens is 396 g/mol. The number of hydrogen-bond donors (Lipinski definition) is 2. The first kappa shape index (κ1) is 19.9. The summed E-state index contributed by atoms with van der Waals surface area (Å²) in [5, 5.41) is 1.31. The molecule has 0 aromatic heterocycles. The highest BCUT2D eigenvalue weighted by molar-refractivity contribution is 7.89. The molecule has 0 saturated heterocycles. The summed E-state index contributed by atoms with van der Waals surface area (Å²) in [6.07, 6.45) is 0. The molecule has 4 rings (SSSR count). The van der Waals surface area contributed by atoms with E-state index < -0.39 is 10.0 Å². The van der Waals surface area contributed by atoms with Crippen LogP contribution >= 0.6 is 0 Å². The molecule has 0 spiro atoms. The van der Waals surface area contributed by atoms with Gasteiger partial charge >= 0.3 is 0 Å². The first-order chi connectivity index (χ1) is 14.5. The highest BCUT2D eigenvalue weighted by Crippen LogP contribution is 2.27. The Bertz CT molecular complexity index is 1270. The number of hydrogen-bond acceptors (Lipinski definition) is 4. The molecule has 0 aliphatic rings. The standard InChI is InChI=1S/C24H22N2O3S/c25-22-13-6-12-21-20(22)11-7-15-24(21)30(27,28)26-16-19-10-4-5-14-23(19)29-17-18-8-2-1-3-9-18/h1-15,26H,16-17,25H2. The van der Waals surface area contributed by atoms with Gasteiger partial charge in [-0.2, -0.15) is 0 Å². The molecule has 5 nitrogen and oxygen atoms in total. The highest BCUT2D eigenvalue weighted by Gasteiger charge is 2.18. The summed E-state index contributed by atoms with van der Waals surface area (Å²) in [5.41, 5.74) is 8.35. The smallest absolute Gasteiger partial charge is 0.241 e. The first-order valence-electron chi connectivity index (χ1n) is 9.56. The van der Waals surface area contributed by atoms with Gasteiger partial charge in [-0.1, -0.05) is 72.8 Å². The third-order valence-corrected chi connectivity index (χ3v) is 6.33. The second-order valence-corrected chi connectivity index (χ2v) is 8.64. The maximum Gasteiger partial charge on any atom is 0.241 e. The molecule has 30 heavy (non-hydrogen) atoms. The number of benzene rings is 4. The van der Waals surface area contributed by atoms with Gasteiger partial charge in [0.1, 0.15) is 12.4 Å². The molecule has 4 aromatic carbocycles. The van der Waals surface area contributed by atoms with E-state index in [9.17, 15) is 8.42 Å². The molecule has 6 heteroatoms. The maximum absolute atomic E-state index is 13.0. The number of nitrogens with one attached hydrogen (secondary N) is 1. The molecule has 0 heterocycles. The Hall–Kier alpha value is -3.35. The second-order valence-electron chi connectivity index (χ2n) is 6.91. The molecule has 0 unspecified atom stereocenters. The fourth-order valence-corrected chi connectivity index (χ4v) is 4.54. The Balaban J connectivity index is 1.54. The number of nitrogen functional groups attached to an aromatic ring is 1. The van der Waals surface area contributed by atoms with Crippen LogP contribution in [-0.4, -0.2) is 8.42 Å². The van der Waals surface area contributed by atoms with Gasteiger partial charge in [-0.05, 0) is 23.8 Å². The van der Waals surface area contributed by atoms with Crippen LogP contribution < -0.4 is 15.2 Å². The lowest BCUT2D eigenvalue weighted by Gasteiger charge is -2.14. The van der Waals surface area contributed by atoms with Gasteiger partial charge in [-0.15, -0.1) is 0 Å². The van der Waals surface area contributed by atoms with E-state index in [0.29, 0.717) is 28.8 Å². The number of para-hydroxylation sites is 1. The van der Waals surface area contributed by atoms with Crippen molar-refractivity contribution in [2.45, 2.75) is 18.0 Å². The number of anilines is 1. The molecule has 0 amide bonds. The third-order valence-electron chi connectivity index (χ3n) is 4.87. The zero-order valence-corrected chi connectivity index (χ0v) is 17.1. The van der Waals surface area contributed by atoms with Crippen molar-refractivity contribution in [3.05, 3.63) is 102 Å². The molecule has 0 atom stereocenters. The minimum absolute atomic E-state index is 0.117. The average molecular weight is 419 g/mol. The van der Waals surface area contributed by atoms with Crippen LogP contribution in [0.2, 0.25) is 0 Å². The molecule has 152 valence electrons. The summed E-state index contributed by atoms with van der Waals surface area (Å²) in [6, 6.07) is 27.6. The number of sulfonamides is 1. The van der Waals surface area contributed by atoms with E-state index in [1.165, 1.54) is 0 Å². The monoisotopic (exact) mass is 418 g/mol. The Morgan fingerprint density at radius 1 is 0.767 bits per heavy atom. The number of ether oxygens (including phenoxy) is 1. The van der Waals surface area contributed by atoms with E-state index >= 15 is 0 Å². The predicted molar refractivity (Wildman–Crippen MR) is 120 cm³/mol. The minimum Gasteiger partial charge on any atom is -0.489 e. The number of fused-ring (bicyclic) bond motifs is 1. The van der Waals surface area contributed by atoms with Crippen molar-refractivity contribution < 1.29 is 13.2 Å². The van der Waals surface area contributed by atoms with Crippen molar-refractivity contribution in [3.8, 4) is 5.75 Å². The average Bonchev–Trinajstić information content (AvgIpc) is 2.77. The summed E-state index contributed by atoms with van der Waals surface area (Å²) >= 11 is 0. The van der Waals surface area contributed by atoms with E-state index in [2.05, 4.69) is 4.72 Å². The van der Waals surface area contributed by atoms with Crippen LogP contribution in [0.1, 0.15) is 11.1 Å². The Labute approximate surface area is 176 Å². The molecule has 0 bridgehead atoms. The highest BCUT2D eigenvalue weighted by atomic mass is 32.2. The van der Waals surface area contributed by atoms with Gasteiger partial charge in [0.05, 0.1) is 4.90 Å². The second kappa shape index (κ2) is 8.57. The largest absolute Gasteiger partial charge is 0.489 e. The van der Waals surface area contributed by atoms with Crippen molar-refractivity contribution in [3.63, 3.8) is 0 Å². The third kappa shape index (κ3) is 4.30. The number of rotatable bonds is 7. The van der Waals surface area contributed by atoms with Gasteiger partial charge in [-0.25, -0.2) is 13.1 Å². The van der Waals surface area contributed by atoms with Crippen molar-refractivity contribution in [1.29, 1.82) is 0 Å². The van der Waals surface area contributed by atoms with Crippen molar-refractivity contribution >= 4 is 26.5 Å². The van der Waals surface area contributed by atoms with Gasteiger partial charge in [0.15, 0.2) is 0 Å². The van der Waals surface area contributed by atoms with Crippen LogP contribution in [-0.2, 0) is 23.2 Å². The van der Waals surface area contributed by atoms with E-state index in [-0.39, 0.29) is 11.4 Å². The van der Waals surface area contributed by atoms with Crippen molar-refractivity contribution in [2.75, 3.05) is 5.73 Å². The van der Waals surface area contributed by atoms with Crippen LogP contribution in [0.15, 0.2) is 95.9 Å². The number of nitrogens with two attached hydrogens (primary N) is 1. The first-order valence-corrected chi connectivity index (χ1v) is 11.0. The summed E-state index contributed by atoms with van der Waals surface area (Å²) < 4.78 is 34.7. The molecule has 0 saturated carbocycles. The summed E-state index contributed by atoms with van der Waals surface area (Å²) in [7, 11) is -3.75. The lowest BCUT2D eigenvalue weighted by atomic mass is 10.1. The fourth-order valence-electron chi connectivity index (χ4n) is 3.32. The van der Waals surface area contributed by atoms with E-state index in [1.54, 1.807) is 30.3 Å². The van der Waals surface area contributed by atoms with Gasteiger partial charge in [0, 0.05) is 28.6 Å². The van der Waals surface area contributed by atoms with Gasteiger partial charge in [0.2, 0.25) is 10.0 Å². The van der Waals surface area contributed by atoms with Crippen molar-refractivity contribution in [2.24, 2.45) is 0 Å². The molecule has 0 fully saturated rings. The molecule has 4 aromatic rings. The van der Waals surface area contributed by atoms with Crippen LogP contribution in [0, 0.1) is 0 Å². The molecular formula is C24H22N2O3S. The zero-order chi connectivity index (χ0) is 21.0. The molecule has 0 aliphatic carbocycles. The topological polar surface area (TPSA) is 81.4 Å². The fraction of sp³-hybridized carbons (Fsp3) is 0.0833. The Kier molecular flexibility index (Phi) is 5.70. The molecule has 0 radical (unpaired) electrons. The van der Waals surface area contributed by atoms with Gasteiger partial charge in [-0.3, -0.25) is 0 Å². The Morgan fingerprint density at radius 3 is 2.30 bits per heavy atom. The quantitative estimate of drug-likeness (QED) is 0.434.